The van der Waals surface area contributed by atoms with Gasteiger partial charge in [-0.1, -0.05) is 35.9 Å². The first kappa shape index (κ1) is 22.2. The van der Waals surface area contributed by atoms with Crippen LogP contribution in [0.4, 0.5) is 10.5 Å². The van der Waals surface area contributed by atoms with Crippen molar-refractivity contribution in [2.45, 2.75) is 19.0 Å². The number of rotatable bonds is 7. The molecule has 0 saturated carbocycles. The van der Waals surface area contributed by atoms with Gasteiger partial charge in [0.2, 0.25) is 6.79 Å². The van der Waals surface area contributed by atoms with Gasteiger partial charge in [-0.2, -0.15) is 0 Å². The van der Waals surface area contributed by atoms with Crippen LogP contribution in [0.5, 0.6) is 11.5 Å². The number of nitrogens with one attached hydrogen (secondary N) is 2. The van der Waals surface area contributed by atoms with Gasteiger partial charge in [0, 0.05) is 11.2 Å². The quantitative estimate of drug-likeness (QED) is 0.486. The van der Waals surface area contributed by atoms with Gasteiger partial charge in [0.1, 0.15) is 5.69 Å². The lowest BCUT2D eigenvalue weighted by atomic mass is 10.0. The lowest BCUT2D eigenvalue weighted by molar-refractivity contribution is -0.137. The van der Waals surface area contributed by atoms with Crippen molar-refractivity contribution in [3.63, 3.8) is 0 Å². The maximum Gasteiger partial charge on any atom is 0.319 e. The number of hydrogen-bond donors (Lipinski definition) is 3. The number of halogens is 1. The molecule has 1 aliphatic heterocycles. The highest BCUT2D eigenvalue weighted by molar-refractivity contribution is 6.31. The molecule has 0 spiro atoms. The molecule has 2 amide bonds. The second kappa shape index (κ2) is 9.66. The van der Waals surface area contributed by atoms with Crippen molar-refractivity contribution in [3.05, 3.63) is 87.3 Å². The van der Waals surface area contributed by atoms with Gasteiger partial charge in [-0.3, -0.25) is 9.59 Å². The highest BCUT2D eigenvalue weighted by Gasteiger charge is 2.22. The van der Waals surface area contributed by atoms with E-state index in [0.717, 1.165) is 5.56 Å². The lowest BCUT2D eigenvalue weighted by Crippen LogP contribution is -2.36. The molecule has 1 unspecified atom stereocenters. The number of benzene rings is 2. The normalized spacial score (nSPS) is 12.8. The standard InChI is InChI=1S/C23H20ClN3O6/c24-16-5-2-1-4-15(16)12-27-9-3-6-17(22(27)30)25-23(31)26-18(11-21(28)29)14-7-8-19-20(10-14)33-13-32-19/h1-10,18H,11-13H2,(H,28,29)(H2,25,26,31). The van der Waals surface area contributed by atoms with E-state index in [4.69, 9.17) is 21.1 Å². The Labute approximate surface area is 193 Å². The Morgan fingerprint density at radius 1 is 1.09 bits per heavy atom. The van der Waals surface area contributed by atoms with Gasteiger partial charge in [-0.05, 0) is 41.5 Å². The van der Waals surface area contributed by atoms with Crippen LogP contribution in [0.1, 0.15) is 23.6 Å². The summed E-state index contributed by atoms with van der Waals surface area (Å²) in [4.78, 5) is 36.8. The van der Waals surface area contributed by atoms with E-state index in [2.05, 4.69) is 10.6 Å². The Morgan fingerprint density at radius 2 is 1.88 bits per heavy atom. The molecule has 9 nitrogen and oxygen atoms in total. The minimum absolute atomic E-state index is 0.0433. The number of anilines is 1. The van der Waals surface area contributed by atoms with Crippen LogP contribution in [-0.2, 0) is 11.3 Å². The van der Waals surface area contributed by atoms with Gasteiger partial charge in [-0.15, -0.1) is 0 Å². The second-order valence-electron chi connectivity index (χ2n) is 7.31. The van der Waals surface area contributed by atoms with Crippen LogP contribution in [0, 0.1) is 0 Å². The van der Waals surface area contributed by atoms with E-state index >= 15 is 0 Å². The van der Waals surface area contributed by atoms with Crippen molar-refractivity contribution < 1.29 is 24.2 Å². The van der Waals surface area contributed by atoms with E-state index in [9.17, 15) is 19.5 Å². The van der Waals surface area contributed by atoms with E-state index in [0.29, 0.717) is 22.1 Å². The summed E-state index contributed by atoms with van der Waals surface area (Å²) in [6.45, 7) is 0.305. The number of carbonyl (C=O) groups excluding carboxylic acids is 1. The predicted octanol–water partition coefficient (Wildman–Crippen LogP) is 3.62. The monoisotopic (exact) mass is 469 g/mol. The third-order valence-corrected chi connectivity index (χ3v) is 5.42. The van der Waals surface area contributed by atoms with Crippen LogP contribution in [0.2, 0.25) is 5.02 Å². The van der Waals surface area contributed by atoms with Gasteiger partial charge >= 0.3 is 12.0 Å². The van der Waals surface area contributed by atoms with Crippen molar-refractivity contribution >= 4 is 29.3 Å². The van der Waals surface area contributed by atoms with Gasteiger partial charge in [0.15, 0.2) is 11.5 Å². The van der Waals surface area contributed by atoms with Crippen molar-refractivity contribution in [2.75, 3.05) is 12.1 Å². The molecular formula is C23H20ClN3O6. The van der Waals surface area contributed by atoms with Crippen LogP contribution in [0.3, 0.4) is 0 Å². The SMILES string of the molecule is O=C(O)CC(NC(=O)Nc1cccn(Cc2ccccc2Cl)c1=O)c1ccc2c(c1)OCO2. The van der Waals surface area contributed by atoms with E-state index in [-0.39, 0.29) is 25.4 Å². The number of nitrogens with zero attached hydrogens (tertiary/aromatic N) is 1. The minimum Gasteiger partial charge on any atom is -0.481 e. The van der Waals surface area contributed by atoms with Crippen LogP contribution in [0.25, 0.3) is 0 Å². The number of fused-ring (bicyclic) bond motifs is 1. The van der Waals surface area contributed by atoms with Crippen LogP contribution in [0.15, 0.2) is 65.6 Å². The number of carboxylic acid groups (broad SMARTS) is 1. The molecule has 0 saturated heterocycles. The fourth-order valence-electron chi connectivity index (χ4n) is 3.44. The maximum atomic E-state index is 12.8. The molecule has 33 heavy (non-hydrogen) atoms. The molecule has 0 fully saturated rings. The second-order valence-corrected chi connectivity index (χ2v) is 7.72. The van der Waals surface area contributed by atoms with E-state index in [1.165, 1.54) is 10.6 Å². The molecular weight excluding hydrogens is 450 g/mol. The molecule has 0 radical (unpaired) electrons. The topological polar surface area (TPSA) is 119 Å². The zero-order valence-corrected chi connectivity index (χ0v) is 18.0. The molecule has 10 heteroatoms. The molecule has 3 N–H and O–H groups in total. The van der Waals surface area contributed by atoms with Gasteiger partial charge in [0.05, 0.1) is 19.0 Å². The number of aliphatic carboxylic acids is 1. The third-order valence-electron chi connectivity index (χ3n) is 5.05. The average Bonchev–Trinajstić information content (AvgIpc) is 3.25. The number of pyridine rings is 1. The molecule has 0 aliphatic carbocycles. The summed E-state index contributed by atoms with van der Waals surface area (Å²) >= 11 is 6.18. The zero-order chi connectivity index (χ0) is 23.4. The van der Waals surface area contributed by atoms with E-state index in [1.54, 1.807) is 42.6 Å². The van der Waals surface area contributed by atoms with Gasteiger partial charge in [-0.25, -0.2) is 4.79 Å². The van der Waals surface area contributed by atoms with E-state index in [1.807, 2.05) is 12.1 Å². The molecule has 3 aromatic rings. The number of amides is 2. The first-order chi connectivity index (χ1) is 15.9. The minimum atomic E-state index is -1.10. The Balaban J connectivity index is 1.50. The Hall–Kier alpha value is -3.98. The van der Waals surface area contributed by atoms with Gasteiger partial charge < -0.3 is 29.8 Å². The van der Waals surface area contributed by atoms with Gasteiger partial charge in [0.25, 0.3) is 5.56 Å². The summed E-state index contributed by atoms with van der Waals surface area (Å²) in [6, 6.07) is 13.6. The van der Waals surface area contributed by atoms with Crippen molar-refractivity contribution in [1.82, 2.24) is 9.88 Å². The van der Waals surface area contributed by atoms with Crippen molar-refractivity contribution in [2.24, 2.45) is 0 Å². The third kappa shape index (κ3) is 5.27. The number of hydrogen-bond acceptors (Lipinski definition) is 5. The smallest absolute Gasteiger partial charge is 0.319 e. The number of carbonyl (C=O) groups is 2. The van der Waals surface area contributed by atoms with Crippen molar-refractivity contribution in [3.8, 4) is 11.5 Å². The van der Waals surface area contributed by atoms with Crippen LogP contribution >= 0.6 is 11.6 Å². The summed E-state index contributed by atoms with van der Waals surface area (Å²) < 4.78 is 12.0. The molecule has 0 bridgehead atoms. The summed E-state index contributed by atoms with van der Waals surface area (Å²) in [6.07, 6.45) is 1.23. The summed E-state index contributed by atoms with van der Waals surface area (Å²) in [5, 5.41) is 14.9. The molecule has 2 aromatic carbocycles. The number of carboxylic acids is 1. The highest BCUT2D eigenvalue weighted by atomic mass is 35.5. The fourth-order valence-corrected chi connectivity index (χ4v) is 3.64. The molecule has 1 atom stereocenters. The Kier molecular flexibility index (Phi) is 6.50. The lowest BCUT2D eigenvalue weighted by Gasteiger charge is -2.18. The predicted molar refractivity (Wildman–Crippen MR) is 121 cm³/mol. The molecule has 4 rings (SSSR count). The Bertz CT molecular complexity index is 1260. The fraction of sp³-hybridized carbons (Fsp3) is 0.174. The van der Waals surface area contributed by atoms with Crippen LogP contribution in [-0.4, -0.2) is 28.5 Å². The number of urea groups is 1. The molecule has 1 aliphatic rings. The number of aromatic nitrogens is 1. The zero-order valence-electron chi connectivity index (χ0n) is 17.3. The molecule has 2 heterocycles. The highest BCUT2D eigenvalue weighted by Crippen LogP contribution is 2.34. The first-order valence-electron chi connectivity index (χ1n) is 10.0. The van der Waals surface area contributed by atoms with E-state index < -0.39 is 23.6 Å². The summed E-state index contributed by atoms with van der Waals surface area (Å²) in [5.74, 6) is -0.0870. The molecule has 170 valence electrons. The average molecular weight is 470 g/mol. The first-order valence-corrected chi connectivity index (χ1v) is 10.4. The van der Waals surface area contributed by atoms with Crippen molar-refractivity contribution in [1.29, 1.82) is 0 Å². The number of ether oxygens (including phenoxy) is 2. The molecule has 1 aromatic heterocycles. The summed E-state index contributed by atoms with van der Waals surface area (Å²) in [5.41, 5.74) is 0.903. The summed E-state index contributed by atoms with van der Waals surface area (Å²) in [7, 11) is 0. The largest absolute Gasteiger partial charge is 0.481 e. The maximum absolute atomic E-state index is 12.8. The van der Waals surface area contributed by atoms with Crippen LogP contribution < -0.4 is 25.7 Å². The Morgan fingerprint density at radius 3 is 2.67 bits per heavy atom.